The Morgan fingerprint density at radius 1 is 1.18 bits per heavy atom. The summed E-state index contributed by atoms with van der Waals surface area (Å²) >= 11 is 0. The minimum Gasteiger partial charge on any atom is -0.351 e. The van der Waals surface area contributed by atoms with Gasteiger partial charge in [0.15, 0.2) is 0 Å². The van der Waals surface area contributed by atoms with Crippen molar-refractivity contribution in [2.45, 2.75) is 0 Å². The number of nitrogens with two attached hydrogens (primary N) is 1. The number of benzene rings is 1. The first-order chi connectivity index (χ1) is 8.18. The van der Waals surface area contributed by atoms with Gasteiger partial charge in [-0.2, -0.15) is 0 Å². The van der Waals surface area contributed by atoms with Crippen LogP contribution in [0, 0.1) is 5.82 Å². The predicted octanol–water partition coefficient (Wildman–Crippen LogP) is 2.44. The first-order valence-corrected chi connectivity index (χ1v) is 4.94. The number of nitrogens with zero attached hydrogens (tertiary/aromatic N) is 2. The second-order valence-corrected chi connectivity index (χ2v) is 3.34. The van der Waals surface area contributed by atoms with Gasteiger partial charge in [0.25, 0.3) is 0 Å². The Balaban J connectivity index is 2.43. The van der Waals surface area contributed by atoms with Crippen LogP contribution in [0.1, 0.15) is 0 Å². The Morgan fingerprint density at radius 2 is 1.88 bits per heavy atom. The van der Waals surface area contributed by atoms with Gasteiger partial charge in [0.2, 0.25) is 0 Å². The summed E-state index contributed by atoms with van der Waals surface area (Å²) in [7, 11) is 0. The summed E-state index contributed by atoms with van der Waals surface area (Å²) in [5.74, 6) is 0.0193. The predicted molar refractivity (Wildman–Crippen MR) is 62.4 cm³/mol. The number of hydrogen-bond donors (Lipinski definition) is 1. The fourth-order valence-electron chi connectivity index (χ4n) is 1.45. The van der Waals surface area contributed by atoms with E-state index in [-0.39, 0.29) is 5.82 Å². The Kier molecular flexibility index (Phi) is 3.00. The molecule has 0 saturated carbocycles. The Hall–Kier alpha value is -2.43. The van der Waals surface area contributed by atoms with Crippen molar-refractivity contribution >= 4 is 17.5 Å². The van der Waals surface area contributed by atoms with Crippen LogP contribution in [0.15, 0.2) is 48.7 Å². The third-order valence-corrected chi connectivity index (χ3v) is 2.18. The summed E-state index contributed by atoms with van der Waals surface area (Å²) in [6.07, 6.45) is 1.55. The second-order valence-electron chi connectivity index (χ2n) is 3.34. The molecule has 1 heterocycles. The molecule has 0 spiro atoms. The Labute approximate surface area is 97.5 Å². The SMILES string of the molecule is NC(=O)N(c1ccc(F)cc1)c1ccccn1. The Morgan fingerprint density at radius 3 is 2.41 bits per heavy atom. The molecule has 86 valence electrons. The molecule has 0 aliphatic heterocycles. The fraction of sp³-hybridized carbons (Fsp3) is 0. The highest BCUT2D eigenvalue weighted by Gasteiger charge is 2.15. The maximum atomic E-state index is 12.8. The lowest BCUT2D eigenvalue weighted by Gasteiger charge is -2.19. The first-order valence-electron chi connectivity index (χ1n) is 4.94. The number of carbonyl (C=O) groups is 1. The van der Waals surface area contributed by atoms with Crippen LogP contribution >= 0.6 is 0 Å². The monoisotopic (exact) mass is 231 g/mol. The van der Waals surface area contributed by atoms with E-state index in [1.54, 1.807) is 24.4 Å². The van der Waals surface area contributed by atoms with E-state index in [2.05, 4.69) is 4.98 Å². The highest BCUT2D eigenvalue weighted by Crippen LogP contribution is 2.22. The van der Waals surface area contributed by atoms with Gasteiger partial charge in [-0.1, -0.05) is 6.07 Å². The average molecular weight is 231 g/mol. The van der Waals surface area contributed by atoms with Crippen molar-refractivity contribution in [2.24, 2.45) is 5.73 Å². The van der Waals surface area contributed by atoms with Crippen molar-refractivity contribution in [1.29, 1.82) is 0 Å². The van der Waals surface area contributed by atoms with Gasteiger partial charge in [-0.3, -0.25) is 0 Å². The maximum absolute atomic E-state index is 12.8. The summed E-state index contributed by atoms with van der Waals surface area (Å²) in [5.41, 5.74) is 5.76. The van der Waals surface area contributed by atoms with Crippen molar-refractivity contribution in [3.8, 4) is 0 Å². The number of pyridine rings is 1. The zero-order valence-electron chi connectivity index (χ0n) is 8.88. The topological polar surface area (TPSA) is 59.2 Å². The molecule has 1 aromatic carbocycles. The molecule has 2 aromatic rings. The molecule has 17 heavy (non-hydrogen) atoms. The minimum absolute atomic E-state index is 0.376. The van der Waals surface area contributed by atoms with Crippen LogP contribution < -0.4 is 10.6 Å². The van der Waals surface area contributed by atoms with E-state index in [1.807, 2.05) is 0 Å². The van der Waals surface area contributed by atoms with E-state index in [9.17, 15) is 9.18 Å². The number of aromatic nitrogens is 1. The summed E-state index contributed by atoms with van der Waals surface area (Å²) in [6, 6.07) is 9.89. The lowest BCUT2D eigenvalue weighted by Crippen LogP contribution is -2.31. The third kappa shape index (κ3) is 2.39. The molecular weight excluding hydrogens is 221 g/mol. The van der Waals surface area contributed by atoms with Gasteiger partial charge in [-0.25, -0.2) is 19.1 Å². The molecule has 2 N–H and O–H groups in total. The third-order valence-electron chi connectivity index (χ3n) is 2.18. The van der Waals surface area contributed by atoms with Crippen molar-refractivity contribution in [3.63, 3.8) is 0 Å². The molecule has 0 radical (unpaired) electrons. The van der Waals surface area contributed by atoms with Crippen molar-refractivity contribution in [3.05, 3.63) is 54.5 Å². The normalized spacial score (nSPS) is 9.94. The number of anilines is 2. The molecule has 2 amide bonds. The van der Waals surface area contributed by atoms with E-state index in [4.69, 9.17) is 5.73 Å². The molecule has 0 atom stereocenters. The van der Waals surface area contributed by atoms with E-state index in [1.165, 1.54) is 29.2 Å². The van der Waals surface area contributed by atoms with Gasteiger partial charge in [-0.15, -0.1) is 0 Å². The molecule has 0 fully saturated rings. The molecule has 5 heteroatoms. The van der Waals surface area contributed by atoms with Gasteiger partial charge < -0.3 is 5.73 Å². The van der Waals surface area contributed by atoms with Crippen LogP contribution in [0.2, 0.25) is 0 Å². The lowest BCUT2D eigenvalue weighted by atomic mass is 10.3. The molecule has 0 saturated heterocycles. The van der Waals surface area contributed by atoms with Crippen LogP contribution in [-0.2, 0) is 0 Å². The van der Waals surface area contributed by atoms with E-state index in [0.717, 1.165) is 0 Å². The Bertz CT molecular complexity index is 513. The van der Waals surface area contributed by atoms with Crippen LogP contribution in [0.25, 0.3) is 0 Å². The standard InChI is InChI=1S/C12H10FN3O/c13-9-4-6-10(7-5-9)16(12(14)17)11-3-1-2-8-15-11/h1-8H,(H2,14,17). The van der Waals surface area contributed by atoms with Crippen molar-refractivity contribution < 1.29 is 9.18 Å². The molecule has 1 aromatic heterocycles. The number of halogens is 1. The molecule has 2 rings (SSSR count). The molecular formula is C12H10FN3O. The van der Waals surface area contributed by atoms with E-state index >= 15 is 0 Å². The highest BCUT2D eigenvalue weighted by atomic mass is 19.1. The second kappa shape index (κ2) is 4.61. The zero-order valence-corrected chi connectivity index (χ0v) is 8.88. The first kappa shape index (κ1) is 11.1. The quantitative estimate of drug-likeness (QED) is 0.862. The summed E-state index contributed by atoms with van der Waals surface area (Å²) in [6.45, 7) is 0. The zero-order chi connectivity index (χ0) is 12.3. The molecule has 0 bridgehead atoms. The molecule has 0 aliphatic rings. The number of carbonyl (C=O) groups excluding carboxylic acids is 1. The van der Waals surface area contributed by atoms with E-state index in [0.29, 0.717) is 11.5 Å². The lowest BCUT2D eigenvalue weighted by molar-refractivity contribution is 0.256. The van der Waals surface area contributed by atoms with Crippen LogP contribution in [0.5, 0.6) is 0 Å². The highest BCUT2D eigenvalue weighted by molar-refractivity contribution is 5.97. The van der Waals surface area contributed by atoms with Gasteiger partial charge in [0.1, 0.15) is 11.6 Å². The van der Waals surface area contributed by atoms with Crippen molar-refractivity contribution in [1.82, 2.24) is 4.98 Å². The number of primary amides is 1. The summed E-state index contributed by atoms with van der Waals surface area (Å²) < 4.78 is 12.8. The van der Waals surface area contributed by atoms with Gasteiger partial charge in [0, 0.05) is 6.20 Å². The smallest absolute Gasteiger partial charge is 0.325 e. The number of amides is 2. The molecule has 0 unspecified atom stereocenters. The minimum atomic E-state index is -0.671. The van der Waals surface area contributed by atoms with Crippen LogP contribution in [0.3, 0.4) is 0 Å². The summed E-state index contributed by atoms with van der Waals surface area (Å²) in [5, 5.41) is 0. The van der Waals surface area contributed by atoms with Gasteiger partial charge >= 0.3 is 6.03 Å². The fourth-order valence-corrected chi connectivity index (χ4v) is 1.45. The van der Waals surface area contributed by atoms with Gasteiger partial charge in [0.05, 0.1) is 5.69 Å². The molecule has 4 nitrogen and oxygen atoms in total. The van der Waals surface area contributed by atoms with Crippen molar-refractivity contribution in [2.75, 3.05) is 4.90 Å². The number of hydrogen-bond acceptors (Lipinski definition) is 2. The van der Waals surface area contributed by atoms with Gasteiger partial charge in [-0.05, 0) is 36.4 Å². The number of rotatable bonds is 2. The number of urea groups is 1. The van der Waals surface area contributed by atoms with Crippen LogP contribution in [0.4, 0.5) is 20.7 Å². The molecule has 0 aliphatic carbocycles. The largest absolute Gasteiger partial charge is 0.351 e. The average Bonchev–Trinajstić information content (AvgIpc) is 2.33. The summed E-state index contributed by atoms with van der Waals surface area (Å²) in [4.78, 5) is 16.6. The van der Waals surface area contributed by atoms with Crippen LogP contribution in [-0.4, -0.2) is 11.0 Å². The maximum Gasteiger partial charge on any atom is 0.325 e. The van der Waals surface area contributed by atoms with E-state index < -0.39 is 6.03 Å².